The number of carbonyl (C=O) groups excluding carboxylic acids is 1. The number of hydrogen-bond donors (Lipinski definition) is 2. The Morgan fingerprint density at radius 3 is 2.76 bits per heavy atom. The van der Waals surface area contributed by atoms with Crippen LogP contribution in [0, 0.1) is 0 Å². The highest BCUT2D eigenvalue weighted by molar-refractivity contribution is 7.89. The van der Waals surface area contributed by atoms with Crippen LogP contribution in [0.4, 0.5) is 0 Å². The van der Waals surface area contributed by atoms with E-state index < -0.39 is 10.0 Å². The summed E-state index contributed by atoms with van der Waals surface area (Å²) in [5, 5.41) is 7.64. The lowest BCUT2D eigenvalue weighted by Gasteiger charge is -2.23. The van der Waals surface area contributed by atoms with Gasteiger partial charge in [0.25, 0.3) is 0 Å². The van der Waals surface area contributed by atoms with Crippen molar-refractivity contribution in [2.75, 3.05) is 14.2 Å². The number of fused-ring (bicyclic) bond motifs is 1. The first-order chi connectivity index (χ1) is 16.4. The number of methoxy groups -OCH3 is 1. The monoisotopic (exact) mass is 480 g/mol. The van der Waals surface area contributed by atoms with E-state index in [2.05, 4.69) is 27.3 Å². The van der Waals surface area contributed by atoms with Crippen molar-refractivity contribution in [1.29, 1.82) is 0 Å². The summed E-state index contributed by atoms with van der Waals surface area (Å²) >= 11 is 0. The molecule has 1 aromatic heterocycles. The van der Waals surface area contributed by atoms with Crippen LogP contribution in [0.1, 0.15) is 41.3 Å². The molecule has 0 fully saturated rings. The Kier molecular flexibility index (Phi) is 7.14. The molecule has 9 heteroatoms. The second kappa shape index (κ2) is 10.2. The molecule has 2 aromatic carbocycles. The average Bonchev–Trinajstić information content (AvgIpc) is 3.27. The van der Waals surface area contributed by atoms with E-state index in [1.807, 2.05) is 29.1 Å². The zero-order valence-electron chi connectivity index (χ0n) is 19.2. The fourth-order valence-corrected chi connectivity index (χ4v) is 5.10. The minimum atomic E-state index is -3.70. The molecule has 178 valence electrons. The summed E-state index contributed by atoms with van der Waals surface area (Å²) in [7, 11) is -0.949. The van der Waals surface area contributed by atoms with Crippen LogP contribution in [0.3, 0.4) is 0 Å². The minimum Gasteiger partial charge on any atom is -0.495 e. The third kappa shape index (κ3) is 5.21. The molecule has 1 aliphatic rings. The van der Waals surface area contributed by atoms with Crippen molar-refractivity contribution in [3.05, 3.63) is 83.2 Å². The topological polar surface area (TPSA) is 102 Å². The van der Waals surface area contributed by atoms with Crippen molar-refractivity contribution >= 4 is 22.0 Å². The van der Waals surface area contributed by atoms with Crippen LogP contribution in [0.5, 0.6) is 5.75 Å². The van der Waals surface area contributed by atoms with Gasteiger partial charge >= 0.3 is 0 Å². The molecule has 0 saturated carbocycles. The van der Waals surface area contributed by atoms with E-state index >= 15 is 0 Å². The average molecular weight is 481 g/mol. The van der Waals surface area contributed by atoms with Gasteiger partial charge in [0.05, 0.1) is 25.9 Å². The van der Waals surface area contributed by atoms with Gasteiger partial charge in [-0.05, 0) is 55.6 Å². The van der Waals surface area contributed by atoms with E-state index in [0.717, 1.165) is 30.5 Å². The number of nitrogens with one attached hydrogen (secondary N) is 2. The van der Waals surface area contributed by atoms with E-state index in [0.29, 0.717) is 12.1 Å². The molecule has 1 unspecified atom stereocenters. The van der Waals surface area contributed by atoms with E-state index in [9.17, 15) is 13.2 Å². The highest BCUT2D eigenvalue weighted by Gasteiger charge is 2.25. The summed E-state index contributed by atoms with van der Waals surface area (Å²) in [5.41, 5.74) is 3.96. The zero-order valence-corrected chi connectivity index (χ0v) is 20.0. The van der Waals surface area contributed by atoms with Gasteiger partial charge in [0.2, 0.25) is 15.9 Å². The Morgan fingerprint density at radius 2 is 2.03 bits per heavy atom. The standard InChI is InChI=1S/C25H28N4O4S/c1-26-34(31,32)24-15-18(11-13-23(24)33-2)12-14-25(30)28-21-9-6-10-22-20(21)16-27-29(22)17-19-7-4-3-5-8-19/h3-5,7-8,11-16,21,26H,6,9-10,17H2,1-2H3,(H,28,30)/b14-12+. The number of sulfonamides is 1. The highest BCUT2D eigenvalue weighted by atomic mass is 32.2. The van der Waals surface area contributed by atoms with Crippen molar-refractivity contribution in [1.82, 2.24) is 19.8 Å². The summed E-state index contributed by atoms with van der Waals surface area (Å²) in [5.74, 6) is -0.0132. The summed E-state index contributed by atoms with van der Waals surface area (Å²) in [6.07, 6.45) is 7.60. The predicted molar refractivity (Wildman–Crippen MR) is 130 cm³/mol. The second-order valence-electron chi connectivity index (χ2n) is 8.09. The number of nitrogens with zero attached hydrogens (tertiary/aromatic N) is 2. The van der Waals surface area contributed by atoms with Crippen molar-refractivity contribution in [2.45, 2.75) is 36.7 Å². The Bertz CT molecular complexity index is 1300. The lowest BCUT2D eigenvalue weighted by Crippen LogP contribution is -2.29. The van der Waals surface area contributed by atoms with Gasteiger partial charge in [0, 0.05) is 17.3 Å². The van der Waals surface area contributed by atoms with Gasteiger partial charge in [-0.2, -0.15) is 5.10 Å². The summed E-state index contributed by atoms with van der Waals surface area (Å²) in [6, 6.07) is 14.8. The number of hydrogen-bond acceptors (Lipinski definition) is 5. The van der Waals surface area contributed by atoms with Crippen LogP contribution in [-0.2, 0) is 27.8 Å². The maximum atomic E-state index is 12.7. The van der Waals surface area contributed by atoms with Crippen molar-refractivity contribution in [3.8, 4) is 5.75 Å². The second-order valence-corrected chi connectivity index (χ2v) is 9.95. The van der Waals surface area contributed by atoms with Crippen LogP contribution < -0.4 is 14.8 Å². The maximum absolute atomic E-state index is 12.7. The van der Waals surface area contributed by atoms with Gasteiger partial charge in [-0.15, -0.1) is 0 Å². The van der Waals surface area contributed by atoms with Gasteiger partial charge in [-0.1, -0.05) is 36.4 Å². The van der Waals surface area contributed by atoms with E-state index in [4.69, 9.17) is 4.74 Å². The molecule has 1 heterocycles. The maximum Gasteiger partial charge on any atom is 0.244 e. The first kappa shape index (κ1) is 23.7. The largest absolute Gasteiger partial charge is 0.495 e. The molecule has 1 amide bonds. The van der Waals surface area contributed by atoms with Crippen LogP contribution in [0.25, 0.3) is 6.08 Å². The quantitative estimate of drug-likeness (QED) is 0.483. The number of benzene rings is 2. The molecule has 2 N–H and O–H groups in total. The summed E-state index contributed by atoms with van der Waals surface area (Å²) in [6.45, 7) is 0.700. The van der Waals surface area contributed by atoms with Crippen molar-refractivity contribution in [2.24, 2.45) is 0 Å². The Labute approximate surface area is 199 Å². The number of amides is 1. The van der Waals surface area contributed by atoms with Gasteiger partial charge in [0.15, 0.2) is 0 Å². The van der Waals surface area contributed by atoms with Crippen molar-refractivity contribution < 1.29 is 17.9 Å². The number of aromatic nitrogens is 2. The third-order valence-electron chi connectivity index (χ3n) is 5.93. The Hall–Kier alpha value is -3.43. The van der Waals surface area contributed by atoms with E-state index in [-0.39, 0.29) is 22.6 Å². The van der Waals surface area contributed by atoms with Crippen LogP contribution in [-0.4, -0.2) is 38.3 Å². The fourth-order valence-electron chi connectivity index (χ4n) is 4.17. The van der Waals surface area contributed by atoms with E-state index in [1.165, 1.54) is 31.9 Å². The highest BCUT2D eigenvalue weighted by Crippen LogP contribution is 2.30. The minimum absolute atomic E-state index is 0.0165. The molecular formula is C25H28N4O4S. The fraction of sp³-hybridized carbons (Fsp3) is 0.280. The molecule has 4 rings (SSSR count). The number of ether oxygens (including phenoxy) is 1. The summed E-state index contributed by atoms with van der Waals surface area (Å²) in [4.78, 5) is 12.7. The lowest BCUT2D eigenvalue weighted by atomic mass is 9.93. The molecule has 0 bridgehead atoms. The normalized spacial score (nSPS) is 15.8. The van der Waals surface area contributed by atoms with Crippen molar-refractivity contribution in [3.63, 3.8) is 0 Å². The number of carbonyl (C=O) groups is 1. The molecule has 1 aliphatic carbocycles. The molecule has 0 spiro atoms. The molecule has 0 saturated heterocycles. The van der Waals surface area contributed by atoms with Gasteiger partial charge in [-0.3, -0.25) is 9.48 Å². The number of rotatable bonds is 8. The summed E-state index contributed by atoms with van der Waals surface area (Å²) < 4.78 is 34.0. The smallest absolute Gasteiger partial charge is 0.244 e. The van der Waals surface area contributed by atoms with Crippen LogP contribution in [0.2, 0.25) is 0 Å². The zero-order chi connectivity index (χ0) is 24.1. The Balaban J connectivity index is 1.47. The molecular weight excluding hydrogens is 452 g/mol. The molecule has 1 atom stereocenters. The molecule has 3 aromatic rings. The predicted octanol–water partition coefficient (Wildman–Crippen LogP) is 3.06. The van der Waals surface area contributed by atoms with E-state index in [1.54, 1.807) is 18.2 Å². The van der Waals surface area contributed by atoms with Gasteiger partial charge in [0.1, 0.15) is 10.6 Å². The molecule has 34 heavy (non-hydrogen) atoms. The Morgan fingerprint density at radius 1 is 1.24 bits per heavy atom. The first-order valence-corrected chi connectivity index (χ1v) is 12.6. The lowest BCUT2D eigenvalue weighted by molar-refractivity contribution is -0.117. The first-order valence-electron chi connectivity index (χ1n) is 11.1. The SMILES string of the molecule is CNS(=O)(=O)c1cc(/C=C/C(=O)NC2CCCc3c2cnn3Cc2ccccc2)ccc1OC. The third-order valence-corrected chi connectivity index (χ3v) is 7.36. The molecule has 0 aliphatic heterocycles. The van der Waals surface area contributed by atoms with Gasteiger partial charge in [-0.25, -0.2) is 13.1 Å². The van der Waals surface area contributed by atoms with Gasteiger partial charge < -0.3 is 10.1 Å². The van der Waals surface area contributed by atoms with Crippen LogP contribution in [0.15, 0.2) is 65.7 Å². The molecule has 8 nitrogen and oxygen atoms in total. The molecule has 0 radical (unpaired) electrons. The van der Waals surface area contributed by atoms with Crippen LogP contribution >= 0.6 is 0 Å².